The van der Waals surface area contributed by atoms with Crippen LogP contribution in [0.15, 0.2) is 57.9 Å². The summed E-state index contributed by atoms with van der Waals surface area (Å²) in [5, 5.41) is 0.351. The monoisotopic (exact) mass is 412 g/mol. The normalized spacial score (nSPS) is 10.7. The molecule has 30 heavy (non-hydrogen) atoms. The molecule has 0 aliphatic carbocycles. The topological polar surface area (TPSA) is 84.2 Å². The van der Waals surface area contributed by atoms with Crippen molar-refractivity contribution in [2.24, 2.45) is 0 Å². The Morgan fingerprint density at radius 3 is 2.50 bits per heavy atom. The number of fused-ring (bicyclic) bond motifs is 1. The lowest BCUT2D eigenvalue weighted by Gasteiger charge is -2.09. The van der Waals surface area contributed by atoms with Crippen LogP contribution in [0.5, 0.6) is 17.2 Å². The lowest BCUT2D eigenvalue weighted by molar-refractivity contribution is -0.147. The molecule has 1 aromatic heterocycles. The van der Waals surface area contributed by atoms with Gasteiger partial charge in [0.25, 0.3) is 0 Å². The minimum atomic E-state index is -0.505. The molecule has 0 unspecified atom stereocenters. The minimum Gasteiger partial charge on any atom is -0.482 e. The van der Waals surface area contributed by atoms with Gasteiger partial charge in [0.1, 0.15) is 30.0 Å². The van der Waals surface area contributed by atoms with Gasteiger partial charge in [0.05, 0.1) is 12.0 Å². The summed E-state index contributed by atoms with van der Waals surface area (Å²) < 4.78 is 26.7. The van der Waals surface area contributed by atoms with Crippen LogP contribution in [0.4, 0.5) is 0 Å². The Morgan fingerprint density at radius 1 is 1.00 bits per heavy atom. The highest BCUT2D eigenvalue weighted by Crippen LogP contribution is 2.24. The van der Waals surface area contributed by atoms with E-state index in [-0.39, 0.29) is 24.4 Å². The SMILES string of the molecule is CCOCCOC(=O)COc1ccc2c(=O)c(Oc3ccc(CC)cc3)coc2c1. The second-order valence-corrected chi connectivity index (χ2v) is 6.39. The maximum Gasteiger partial charge on any atom is 0.344 e. The molecule has 0 bridgehead atoms. The van der Waals surface area contributed by atoms with Crippen molar-refractivity contribution >= 4 is 16.9 Å². The standard InChI is InChI=1S/C23H24O7/c1-3-16-5-7-17(8-6-16)30-21-14-29-20-13-18(9-10-19(20)23(21)25)28-15-22(24)27-12-11-26-4-2/h5-10,13-14H,3-4,11-12,15H2,1-2H3. The molecule has 1 heterocycles. The Bertz CT molecular complexity index is 1040. The molecular formula is C23H24O7. The van der Waals surface area contributed by atoms with Gasteiger partial charge in [0.15, 0.2) is 6.61 Å². The molecule has 7 heteroatoms. The van der Waals surface area contributed by atoms with Gasteiger partial charge in [0, 0.05) is 12.7 Å². The Kier molecular flexibility index (Phi) is 7.45. The van der Waals surface area contributed by atoms with Crippen LogP contribution >= 0.6 is 0 Å². The number of aryl methyl sites for hydroxylation is 1. The van der Waals surface area contributed by atoms with Crippen LogP contribution in [-0.4, -0.2) is 32.4 Å². The van der Waals surface area contributed by atoms with E-state index in [2.05, 4.69) is 6.92 Å². The summed E-state index contributed by atoms with van der Waals surface area (Å²) in [7, 11) is 0. The molecule has 0 amide bonds. The molecule has 3 aromatic rings. The van der Waals surface area contributed by atoms with Crippen molar-refractivity contribution in [1.29, 1.82) is 0 Å². The molecule has 0 fully saturated rings. The first kappa shape index (κ1) is 21.4. The highest BCUT2D eigenvalue weighted by molar-refractivity contribution is 5.79. The molecule has 0 aliphatic rings. The van der Waals surface area contributed by atoms with Crippen LogP contribution in [-0.2, 0) is 20.7 Å². The molecule has 3 rings (SSSR count). The first-order valence-electron chi connectivity index (χ1n) is 9.79. The maximum atomic E-state index is 12.7. The molecule has 0 N–H and O–H groups in total. The summed E-state index contributed by atoms with van der Waals surface area (Å²) in [6.45, 7) is 4.76. The van der Waals surface area contributed by atoms with Gasteiger partial charge in [-0.05, 0) is 43.2 Å². The van der Waals surface area contributed by atoms with Gasteiger partial charge >= 0.3 is 5.97 Å². The van der Waals surface area contributed by atoms with Crippen molar-refractivity contribution in [1.82, 2.24) is 0 Å². The average Bonchev–Trinajstić information content (AvgIpc) is 2.77. The Morgan fingerprint density at radius 2 is 1.77 bits per heavy atom. The highest BCUT2D eigenvalue weighted by atomic mass is 16.6. The highest BCUT2D eigenvalue weighted by Gasteiger charge is 2.11. The summed E-state index contributed by atoms with van der Waals surface area (Å²) >= 11 is 0. The van der Waals surface area contributed by atoms with Crippen LogP contribution in [0.25, 0.3) is 11.0 Å². The molecule has 2 aromatic carbocycles. The van der Waals surface area contributed by atoms with Crippen molar-refractivity contribution in [2.45, 2.75) is 20.3 Å². The van der Waals surface area contributed by atoms with Crippen LogP contribution in [0, 0.1) is 0 Å². The van der Waals surface area contributed by atoms with Crippen molar-refractivity contribution in [3.05, 3.63) is 64.5 Å². The summed E-state index contributed by atoms with van der Waals surface area (Å²) in [5.74, 6) is 0.533. The van der Waals surface area contributed by atoms with Crippen molar-refractivity contribution in [3.63, 3.8) is 0 Å². The number of hydrogen-bond acceptors (Lipinski definition) is 7. The molecule has 7 nitrogen and oxygen atoms in total. The number of rotatable bonds is 10. The number of esters is 1. The second kappa shape index (κ2) is 10.5. The Hall–Kier alpha value is -3.32. The fraction of sp³-hybridized carbons (Fsp3) is 0.304. The third kappa shape index (κ3) is 5.61. The van der Waals surface area contributed by atoms with E-state index in [4.69, 9.17) is 23.4 Å². The zero-order chi connectivity index (χ0) is 21.3. The van der Waals surface area contributed by atoms with E-state index < -0.39 is 5.97 Å². The van der Waals surface area contributed by atoms with E-state index >= 15 is 0 Å². The zero-order valence-corrected chi connectivity index (χ0v) is 17.0. The minimum absolute atomic E-state index is 0.0956. The number of ether oxygens (including phenoxy) is 4. The van der Waals surface area contributed by atoms with E-state index in [0.717, 1.165) is 6.42 Å². The van der Waals surface area contributed by atoms with E-state index in [0.29, 0.717) is 35.7 Å². The molecule has 0 saturated carbocycles. The van der Waals surface area contributed by atoms with Gasteiger partial charge in [-0.25, -0.2) is 4.79 Å². The third-order valence-electron chi connectivity index (χ3n) is 4.33. The zero-order valence-electron chi connectivity index (χ0n) is 17.0. The fourth-order valence-electron chi connectivity index (χ4n) is 2.71. The van der Waals surface area contributed by atoms with Gasteiger partial charge in [-0.2, -0.15) is 0 Å². The first-order valence-corrected chi connectivity index (χ1v) is 9.79. The lowest BCUT2D eigenvalue weighted by atomic mass is 10.2. The van der Waals surface area contributed by atoms with Gasteiger partial charge < -0.3 is 23.4 Å². The summed E-state index contributed by atoms with van der Waals surface area (Å²) in [5.41, 5.74) is 1.21. The number of carbonyl (C=O) groups is 1. The van der Waals surface area contributed by atoms with Crippen LogP contribution < -0.4 is 14.9 Å². The Balaban J connectivity index is 1.65. The van der Waals surface area contributed by atoms with E-state index in [1.165, 1.54) is 11.8 Å². The van der Waals surface area contributed by atoms with E-state index in [9.17, 15) is 9.59 Å². The predicted octanol–water partition coefficient (Wildman–Crippen LogP) is 4.11. The summed E-state index contributed by atoms with van der Waals surface area (Å²) in [6.07, 6.45) is 2.19. The van der Waals surface area contributed by atoms with Gasteiger partial charge in [0.2, 0.25) is 11.2 Å². The second-order valence-electron chi connectivity index (χ2n) is 6.39. The predicted molar refractivity (Wildman–Crippen MR) is 111 cm³/mol. The smallest absolute Gasteiger partial charge is 0.344 e. The van der Waals surface area contributed by atoms with Gasteiger partial charge in [-0.1, -0.05) is 19.1 Å². The van der Waals surface area contributed by atoms with Crippen molar-refractivity contribution in [2.75, 3.05) is 26.4 Å². The molecule has 0 atom stereocenters. The molecule has 158 valence electrons. The summed E-state index contributed by atoms with van der Waals surface area (Å²) in [6, 6.07) is 12.2. The summed E-state index contributed by atoms with van der Waals surface area (Å²) in [4.78, 5) is 24.4. The number of hydrogen-bond donors (Lipinski definition) is 0. The number of benzene rings is 2. The average molecular weight is 412 g/mol. The van der Waals surface area contributed by atoms with E-state index in [1.54, 1.807) is 18.2 Å². The quantitative estimate of drug-likeness (QED) is 0.366. The largest absolute Gasteiger partial charge is 0.482 e. The van der Waals surface area contributed by atoms with Crippen LogP contribution in [0.1, 0.15) is 19.4 Å². The molecule has 0 radical (unpaired) electrons. The fourth-order valence-corrected chi connectivity index (χ4v) is 2.71. The first-order chi connectivity index (χ1) is 14.6. The van der Waals surface area contributed by atoms with Crippen molar-refractivity contribution in [3.8, 4) is 17.2 Å². The van der Waals surface area contributed by atoms with Crippen LogP contribution in [0.2, 0.25) is 0 Å². The number of carbonyl (C=O) groups excluding carboxylic acids is 1. The molecule has 0 aliphatic heterocycles. The lowest BCUT2D eigenvalue weighted by Crippen LogP contribution is -2.17. The van der Waals surface area contributed by atoms with Gasteiger partial charge in [-0.3, -0.25) is 4.79 Å². The third-order valence-corrected chi connectivity index (χ3v) is 4.33. The van der Waals surface area contributed by atoms with Crippen LogP contribution in [0.3, 0.4) is 0 Å². The van der Waals surface area contributed by atoms with Gasteiger partial charge in [-0.15, -0.1) is 0 Å². The molecule has 0 saturated heterocycles. The van der Waals surface area contributed by atoms with E-state index in [1.807, 2.05) is 31.2 Å². The van der Waals surface area contributed by atoms with Crippen molar-refractivity contribution < 1.29 is 28.2 Å². The Labute approximate surface area is 174 Å². The molecule has 0 spiro atoms. The maximum absolute atomic E-state index is 12.7. The molecular weight excluding hydrogens is 388 g/mol.